The first-order valence-electron chi connectivity index (χ1n) is 5.90. The van der Waals surface area contributed by atoms with Gasteiger partial charge < -0.3 is 9.84 Å². The highest BCUT2D eigenvalue weighted by atomic mass is 19.1. The van der Waals surface area contributed by atoms with E-state index in [1.807, 2.05) is 0 Å². The van der Waals surface area contributed by atoms with Crippen LogP contribution in [0.15, 0.2) is 18.2 Å². The van der Waals surface area contributed by atoms with E-state index < -0.39 is 17.2 Å². The van der Waals surface area contributed by atoms with Crippen LogP contribution in [0.4, 0.5) is 8.78 Å². The van der Waals surface area contributed by atoms with Gasteiger partial charge in [-0.15, -0.1) is 0 Å². The molecule has 0 saturated carbocycles. The molecule has 92 valence electrons. The topological polar surface area (TPSA) is 29.5 Å². The largest absolute Gasteiger partial charge is 0.385 e. The summed E-state index contributed by atoms with van der Waals surface area (Å²) in [6.07, 6.45) is 2.73. The number of hydrogen-bond donors (Lipinski definition) is 1. The summed E-state index contributed by atoms with van der Waals surface area (Å²) in [6.45, 7) is 0. The van der Waals surface area contributed by atoms with Crippen LogP contribution >= 0.6 is 0 Å². The van der Waals surface area contributed by atoms with Crippen LogP contribution in [0.5, 0.6) is 0 Å². The second kappa shape index (κ2) is 3.75. The molecule has 2 bridgehead atoms. The zero-order valence-electron chi connectivity index (χ0n) is 9.33. The molecule has 2 unspecified atom stereocenters. The lowest BCUT2D eigenvalue weighted by molar-refractivity contribution is -0.115. The van der Waals surface area contributed by atoms with Gasteiger partial charge in [0, 0.05) is 18.9 Å². The molecule has 17 heavy (non-hydrogen) atoms. The van der Waals surface area contributed by atoms with E-state index in [2.05, 4.69) is 0 Å². The van der Waals surface area contributed by atoms with Crippen molar-refractivity contribution in [2.24, 2.45) is 0 Å². The van der Waals surface area contributed by atoms with Crippen molar-refractivity contribution < 1.29 is 18.6 Å². The molecular weight excluding hydrogens is 226 g/mol. The Bertz CT molecular complexity index is 415. The zero-order chi connectivity index (χ0) is 12.0. The molecule has 0 amide bonds. The Morgan fingerprint density at radius 3 is 2.12 bits per heavy atom. The van der Waals surface area contributed by atoms with E-state index in [1.165, 1.54) is 12.1 Å². The van der Waals surface area contributed by atoms with Crippen molar-refractivity contribution in [1.29, 1.82) is 0 Å². The minimum absolute atomic E-state index is 0.0186. The highest BCUT2D eigenvalue weighted by Crippen LogP contribution is 2.44. The zero-order valence-corrected chi connectivity index (χ0v) is 9.33. The van der Waals surface area contributed by atoms with E-state index >= 15 is 0 Å². The van der Waals surface area contributed by atoms with Crippen LogP contribution < -0.4 is 0 Å². The third kappa shape index (κ3) is 1.96. The van der Waals surface area contributed by atoms with Crippen molar-refractivity contribution in [3.8, 4) is 0 Å². The van der Waals surface area contributed by atoms with Crippen LogP contribution in [0.2, 0.25) is 0 Å². The van der Waals surface area contributed by atoms with Gasteiger partial charge in [0.2, 0.25) is 0 Å². The summed E-state index contributed by atoms with van der Waals surface area (Å²) in [5.41, 5.74) is -0.817. The quantitative estimate of drug-likeness (QED) is 0.817. The number of benzene rings is 1. The summed E-state index contributed by atoms with van der Waals surface area (Å²) in [5, 5.41) is 10.6. The van der Waals surface area contributed by atoms with Gasteiger partial charge >= 0.3 is 0 Å². The molecular formula is C13H14F2O2. The summed E-state index contributed by atoms with van der Waals surface area (Å²) >= 11 is 0. The third-order valence-electron chi connectivity index (χ3n) is 3.73. The second-order valence-corrected chi connectivity index (χ2v) is 5.06. The maximum atomic E-state index is 13.2. The van der Waals surface area contributed by atoms with Gasteiger partial charge in [0.25, 0.3) is 0 Å². The Hall–Kier alpha value is -1.00. The summed E-state index contributed by atoms with van der Waals surface area (Å²) in [4.78, 5) is 0. The fourth-order valence-corrected chi connectivity index (χ4v) is 2.98. The Kier molecular flexibility index (Phi) is 2.45. The van der Waals surface area contributed by atoms with Crippen LogP contribution in [0.25, 0.3) is 0 Å². The van der Waals surface area contributed by atoms with E-state index in [-0.39, 0.29) is 12.2 Å². The number of ether oxygens (including phenoxy) is 1. The molecule has 2 fully saturated rings. The first-order valence-corrected chi connectivity index (χ1v) is 5.90. The molecule has 2 aliphatic heterocycles. The first kappa shape index (κ1) is 11.1. The lowest BCUT2D eigenvalue weighted by Crippen LogP contribution is -2.38. The van der Waals surface area contributed by atoms with Gasteiger partial charge in [-0.2, -0.15) is 0 Å². The Labute approximate surface area is 98.2 Å². The van der Waals surface area contributed by atoms with Crippen molar-refractivity contribution in [2.45, 2.75) is 43.5 Å². The summed E-state index contributed by atoms with van der Waals surface area (Å²) in [6, 6.07) is 3.25. The molecule has 1 aromatic rings. The van der Waals surface area contributed by atoms with Gasteiger partial charge in [0.05, 0.1) is 17.8 Å². The third-order valence-corrected chi connectivity index (χ3v) is 3.73. The van der Waals surface area contributed by atoms with Crippen LogP contribution in [-0.2, 0) is 10.3 Å². The van der Waals surface area contributed by atoms with Crippen molar-refractivity contribution in [3.63, 3.8) is 0 Å². The molecule has 2 heterocycles. The van der Waals surface area contributed by atoms with Gasteiger partial charge in [-0.1, -0.05) is 0 Å². The fraction of sp³-hybridized carbons (Fsp3) is 0.538. The number of rotatable bonds is 1. The highest BCUT2D eigenvalue weighted by Gasteiger charge is 2.44. The van der Waals surface area contributed by atoms with E-state index in [0.717, 1.165) is 18.9 Å². The van der Waals surface area contributed by atoms with Gasteiger partial charge in [-0.25, -0.2) is 8.78 Å². The Morgan fingerprint density at radius 1 is 1.06 bits per heavy atom. The smallest absolute Gasteiger partial charge is 0.126 e. The molecule has 0 spiro atoms. The fourth-order valence-electron chi connectivity index (χ4n) is 2.98. The monoisotopic (exact) mass is 240 g/mol. The number of fused-ring (bicyclic) bond motifs is 2. The molecule has 2 aliphatic rings. The van der Waals surface area contributed by atoms with Crippen LogP contribution in [0.3, 0.4) is 0 Å². The van der Waals surface area contributed by atoms with E-state index in [4.69, 9.17) is 4.74 Å². The lowest BCUT2D eigenvalue weighted by atomic mass is 9.83. The first-order chi connectivity index (χ1) is 8.05. The molecule has 4 heteroatoms. The van der Waals surface area contributed by atoms with Gasteiger partial charge in [-0.3, -0.25) is 0 Å². The Morgan fingerprint density at radius 2 is 1.59 bits per heavy atom. The van der Waals surface area contributed by atoms with Gasteiger partial charge in [0.15, 0.2) is 0 Å². The molecule has 2 atom stereocenters. The van der Waals surface area contributed by atoms with E-state index in [0.29, 0.717) is 18.4 Å². The Balaban J connectivity index is 1.96. The van der Waals surface area contributed by atoms with Gasteiger partial charge in [-0.05, 0) is 30.5 Å². The number of hydrogen-bond acceptors (Lipinski definition) is 2. The van der Waals surface area contributed by atoms with Crippen LogP contribution in [-0.4, -0.2) is 17.3 Å². The average Bonchev–Trinajstić information content (AvgIpc) is 2.57. The van der Waals surface area contributed by atoms with E-state index in [9.17, 15) is 13.9 Å². The summed E-state index contributed by atoms with van der Waals surface area (Å²) < 4.78 is 32.0. The van der Waals surface area contributed by atoms with Crippen molar-refractivity contribution in [1.82, 2.24) is 0 Å². The maximum absolute atomic E-state index is 13.2. The van der Waals surface area contributed by atoms with E-state index in [1.54, 1.807) is 0 Å². The summed E-state index contributed by atoms with van der Waals surface area (Å²) in [5.74, 6) is -1.29. The van der Waals surface area contributed by atoms with Crippen LogP contribution in [0.1, 0.15) is 31.2 Å². The maximum Gasteiger partial charge on any atom is 0.126 e. The van der Waals surface area contributed by atoms with Gasteiger partial charge in [0.1, 0.15) is 11.6 Å². The highest BCUT2D eigenvalue weighted by molar-refractivity contribution is 5.26. The van der Waals surface area contributed by atoms with Crippen molar-refractivity contribution in [2.75, 3.05) is 0 Å². The van der Waals surface area contributed by atoms with Crippen molar-refractivity contribution >= 4 is 0 Å². The summed E-state index contributed by atoms with van der Waals surface area (Å²) in [7, 11) is 0. The SMILES string of the molecule is OC1(c2cc(F)cc(F)c2)CC2CCC(C1)O2. The van der Waals surface area contributed by atoms with Crippen molar-refractivity contribution in [3.05, 3.63) is 35.4 Å². The standard InChI is InChI=1S/C13H14F2O2/c14-9-3-8(4-10(15)5-9)13(16)6-11-1-2-12(7-13)17-11/h3-5,11-12,16H,1-2,6-7H2. The number of aliphatic hydroxyl groups is 1. The second-order valence-electron chi connectivity index (χ2n) is 5.06. The minimum atomic E-state index is -1.15. The molecule has 0 aromatic heterocycles. The molecule has 0 radical (unpaired) electrons. The normalized spacial score (nSPS) is 36.2. The average molecular weight is 240 g/mol. The predicted molar refractivity (Wildman–Crippen MR) is 57.4 cm³/mol. The molecule has 0 aliphatic carbocycles. The molecule has 2 nitrogen and oxygen atoms in total. The molecule has 2 saturated heterocycles. The predicted octanol–water partition coefficient (Wildman–Crippen LogP) is 2.49. The molecule has 1 N–H and O–H groups in total. The number of halogens is 2. The lowest BCUT2D eigenvalue weighted by Gasteiger charge is -2.36. The molecule has 1 aromatic carbocycles. The minimum Gasteiger partial charge on any atom is -0.385 e. The molecule has 3 rings (SSSR count). The van der Waals surface area contributed by atoms with Crippen LogP contribution in [0, 0.1) is 11.6 Å².